The molecule has 1 unspecified atom stereocenters. The molecule has 0 spiro atoms. The zero-order chi connectivity index (χ0) is 29.1. The van der Waals surface area contributed by atoms with Crippen LogP contribution >= 0.6 is 7.75 Å². The van der Waals surface area contributed by atoms with E-state index in [2.05, 4.69) is 19.9 Å². The number of rotatable bonds is 11. The van der Waals surface area contributed by atoms with Gasteiger partial charge in [-0.25, -0.2) is 19.2 Å². The molecule has 1 aliphatic heterocycles. The van der Waals surface area contributed by atoms with Gasteiger partial charge in [0.25, 0.3) is 0 Å². The lowest BCUT2D eigenvalue weighted by Gasteiger charge is -2.26. The summed E-state index contributed by atoms with van der Waals surface area (Å²) >= 11 is 0. The summed E-state index contributed by atoms with van der Waals surface area (Å²) in [4.78, 5) is 51.2. The van der Waals surface area contributed by atoms with Gasteiger partial charge in [0, 0.05) is 0 Å². The average molecular weight is 572 g/mol. The van der Waals surface area contributed by atoms with Crippen molar-refractivity contribution in [2.75, 3.05) is 19.5 Å². The number of carbonyl (C=O) groups excluding carboxylic acids is 3. The van der Waals surface area contributed by atoms with Gasteiger partial charge in [-0.3, -0.25) is 18.9 Å². The summed E-state index contributed by atoms with van der Waals surface area (Å²) < 4.78 is 41.5. The zero-order valence-corrected chi connectivity index (χ0v) is 23.4. The predicted molar refractivity (Wildman–Crippen MR) is 135 cm³/mol. The number of esters is 3. The number of hydrogen-bond donors (Lipinski definition) is 3. The van der Waals surface area contributed by atoms with Crippen molar-refractivity contribution in [2.45, 2.75) is 65.1 Å². The third kappa shape index (κ3) is 7.11. The first-order valence-electron chi connectivity index (χ1n) is 12.2. The Kier molecular flexibility index (Phi) is 9.67. The molecule has 6 atom stereocenters. The van der Waals surface area contributed by atoms with Crippen LogP contribution in [0.2, 0.25) is 0 Å². The molecule has 2 aromatic heterocycles. The van der Waals surface area contributed by atoms with Crippen molar-refractivity contribution in [1.82, 2.24) is 19.7 Å². The lowest BCUT2D eigenvalue weighted by atomic mass is 10.0. The maximum absolute atomic E-state index is 12.7. The number of anilines is 1. The van der Waals surface area contributed by atoms with Crippen LogP contribution in [0.25, 0.3) is 5.52 Å². The van der Waals surface area contributed by atoms with E-state index in [4.69, 9.17) is 24.5 Å². The Bertz CT molecular complexity index is 1250. The first kappa shape index (κ1) is 30.4. The van der Waals surface area contributed by atoms with Crippen LogP contribution in [0.5, 0.6) is 0 Å². The highest BCUT2D eigenvalue weighted by atomic mass is 31.2. The number of ether oxygens (including phenoxy) is 4. The van der Waals surface area contributed by atoms with Gasteiger partial charge in [-0.2, -0.15) is 5.10 Å². The summed E-state index contributed by atoms with van der Waals surface area (Å²) in [5, 5.41) is 6.37. The van der Waals surface area contributed by atoms with Crippen LogP contribution in [0.4, 0.5) is 5.82 Å². The molecule has 1 saturated heterocycles. The van der Waals surface area contributed by atoms with Gasteiger partial charge in [0.1, 0.15) is 30.1 Å². The van der Waals surface area contributed by atoms with Crippen LogP contribution < -0.4 is 10.8 Å². The molecule has 39 heavy (non-hydrogen) atoms. The fourth-order valence-electron chi connectivity index (χ4n) is 3.79. The molecule has 15 nitrogen and oxygen atoms in total. The Morgan fingerprint density at radius 1 is 1.10 bits per heavy atom. The fourth-order valence-corrected chi connectivity index (χ4v) is 4.80. The first-order chi connectivity index (χ1) is 18.3. The topological polar surface area (TPSA) is 203 Å². The lowest BCUT2D eigenvalue weighted by molar-refractivity contribution is -0.171. The molecule has 1 aliphatic rings. The van der Waals surface area contributed by atoms with Crippen molar-refractivity contribution >= 4 is 37.0 Å². The summed E-state index contributed by atoms with van der Waals surface area (Å²) in [6.07, 6.45) is -3.37. The van der Waals surface area contributed by atoms with Crippen molar-refractivity contribution in [3.8, 4) is 0 Å². The molecule has 0 aliphatic carbocycles. The van der Waals surface area contributed by atoms with Crippen molar-refractivity contribution < 1.29 is 47.3 Å². The molecular formula is C23H34N5O10P. The second-order valence-electron chi connectivity index (χ2n) is 9.60. The molecule has 16 heteroatoms. The minimum absolute atomic E-state index is 0.194. The summed E-state index contributed by atoms with van der Waals surface area (Å²) in [6, 6.07) is 2.13. The number of nitrogens with two attached hydrogens (primary N) is 1. The number of fused-ring (bicyclic) bond motifs is 1. The second kappa shape index (κ2) is 12.4. The smallest absolute Gasteiger partial charge is 0.403 e. The molecule has 0 radical (unpaired) electrons. The molecule has 3 rings (SSSR count). The minimum atomic E-state index is -4.56. The monoisotopic (exact) mass is 571 g/mol. The van der Waals surface area contributed by atoms with E-state index >= 15 is 0 Å². The van der Waals surface area contributed by atoms with Crippen LogP contribution in [0.1, 0.15) is 46.4 Å². The van der Waals surface area contributed by atoms with Gasteiger partial charge >= 0.3 is 25.7 Å². The number of aromatic nitrogens is 3. The number of hydrogen-bond acceptors (Lipinski definition) is 12. The van der Waals surface area contributed by atoms with E-state index in [1.165, 1.54) is 17.8 Å². The predicted octanol–water partition coefficient (Wildman–Crippen LogP) is 1.16. The average Bonchev–Trinajstić information content (AvgIpc) is 3.44. The largest absolute Gasteiger partial charge is 0.468 e. The van der Waals surface area contributed by atoms with Crippen molar-refractivity contribution in [2.24, 2.45) is 11.8 Å². The normalized spacial score (nSPS) is 23.5. The molecule has 0 aromatic carbocycles. The van der Waals surface area contributed by atoms with E-state index in [0.29, 0.717) is 11.2 Å². The Balaban J connectivity index is 1.97. The zero-order valence-electron chi connectivity index (χ0n) is 22.5. The summed E-state index contributed by atoms with van der Waals surface area (Å²) in [7, 11) is -3.43. The number of nitrogens with zero attached hydrogens (tertiary/aromatic N) is 3. The molecule has 0 bridgehead atoms. The number of carbonyl (C=O) groups is 3. The van der Waals surface area contributed by atoms with Crippen LogP contribution in [-0.4, -0.2) is 75.5 Å². The third-order valence-electron chi connectivity index (χ3n) is 5.89. The van der Waals surface area contributed by atoms with E-state index in [-0.39, 0.29) is 5.82 Å². The quantitative estimate of drug-likeness (QED) is 0.197. The molecule has 4 N–H and O–H groups in total. The maximum Gasteiger partial charge on any atom is 0.403 e. The van der Waals surface area contributed by atoms with E-state index in [9.17, 15) is 23.8 Å². The number of methoxy groups -OCH3 is 1. The Hall–Kier alpha value is -3.10. The highest BCUT2D eigenvalue weighted by Gasteiger charge is 2.52. The molecule has 216 valence electrons. The fraction of sp³-hybridized carbons (Fsp3) is 0.609. The summed E-state index contributed by atoms with van der Waals surface area (Å²) in [6.45, 7) is 7.27. The minimum Gasteiger partial charge on any atom is -0.468 e. The molecule has 2 aromatic rings. The van der Waals surface area contributed by atoms with E-state index in [0.717, 1.165) is 7.11 Å². The van der Waals surface area contributed by atoms with Gasteiger partial charge in [0.2, 0.25) is 0 Å². The van der Waals surface area contributed by atoms with Crippen LogP contribution in [-0.2, 0) is 42.4 Å². The van der Waals surface area contributed by atoms with Crippen LogP contribution in [0.15, 0.2) is 18.5 Å². The first-order valence-corrected chi connectivity index (χ1v) is 13.8. The van der Waals surface area contributed by atoms with Crippen molar-refractivity contribution in [1.29, 1.82) is 0 Å². The SMILES string of the molecule is COC(=O)[C@H](C)NP(=O)(O)OC[C@H]1O[C@@H](c2ccc3c(N)ncnn23)[C@H](OC(=O)C(C)C)[C@@H]1OC(=O)C(C)C. The lowest BCUT2D eigenvalue weighted by Crippen LogP contribution is -2.42. The highest BCUT2D eigenvalue weighted by molar-refractivity contribution is 7.50. The molecule has 0 saturated carbocycles. The molecular weight excluding hydrogens is 537 g/mol. The van der Waals surface area contributed by atoms with Crippen molar-refractivity contribution in [3.05, 3.63) is 24.2 Å². The third-order valence-corrected chi connectivity index (χ3v) is 7.10. The van der Waals surface area contributed by atoms with Crippen molar-refractivity contribution in [3.63, 3.8) is 0 Å². The summed E-state index contributed by atoms with van der Waals surface area (Å²) in [5.74, 6) is -2.85. The highest BCUT2D eigenvalue weighted by Crippen LogP contribution is 2.43. The standard InChI is InChI=1S/C23H34N5O10P/c1-11(2)21(29)37-18-16(9-35-39(32,33)27-13(5)23(31)34-6)36-17(19(18)38-22(30)12(3)4)14-7-8-15-20(24)25-10-26-28(14)15/h7-8,10-13,16-19H,9H2,1-6H3,(H2,24,25,26)(H2,27,32,33)/t13-,16+,17-,18+,19-/m0/s1. The van der Waals surface area contributed by atoms with E-state index < -0.39 is 74.6 Å². The number of nitrogens with one attached hydrogen (secondary N) is 1. The molecule has 3 heterocycles. The van der Waals surface area contributed by atoms with Gasteiger partial charge in [-0.15, -0.1) is 0 Å². The van der Waals surface area contributed by atoms with Gasteiger partial charge < -0.3 is 29.6 Å². The van der Waals surface area contributed by atoms with Gasteiger partial charge in [-0.1, -0.05) is 27.7 Å². The Morgan fingerprint density at radius 2 is 1.72 bits per heavy atom. The number of nitrogen functional groups attached to an aromatic ring is 1. The second-order valence-corrected chi connectivity index (χ2v) is 11.2. The van der Waals surface area contributed by atoms with Gasteiger partial charge in [0.05, 0.1) is 31.2 Å². The van der Waals surface area contributed by atoms with Crippen LogP contribution in [0.3, 0.4) is 0 Å². The summed E-state index contributed by atoms with van der Waals surface area (Å²) in [5.41, 5.74) is 6.82. The van der Waals surface area contributed by atoms with E-state index in [1.807, 2.05) is 0 Å². The van der Waals surface area contributed by atoms with Gasteiger partial charge in [0.15, 0.2) is 18.0 Å². The van der Waals surface area contributed by atoms with E-state index in [1.54, 1.807) is 39.8 Å². The maximum atomic E-state index is 12.7. The molecule has 1 fully saturated rings. The Labute approximate surface area is 224 Å². The Morgan fingerprint density at radius 3 is 2.31 bits per heavy atom. The van der Waals surface area contributed by atoms with Crippen LogP contribution in [0, 0.1) is 11.8 Å². The molecule has 0 amide bonds. The van der Waals surface area contributed by atoms with Gasteiger partial charge in [-0.05, 0) is 19.1 Å².